The Morgan fingerprint density at radius 1 is 0.427 bits per heavy atom. The van der Waals surface area contributed by atoms with Crippen LogP contribution in [0.1, 0.15) is 145 Å². The molecule has 2 aliphatic heterocycles. The van der Waals surface area contributed by atoms with Crippen molar-refractivity contribution in [3.05, 3.63) is 168 Å². The number of imide groups is 2. The van der Waals surface area contributed by atoms with Gasteiger partial charge < -0.3 is 9.47 Å². The van der Waals surface area contributed by atoms with Crippen LogP contribution >= 0.6 is 0 Å². The maximum absolute atomic E-state index is 15.3. The first-order valence-corrected chi connectivity index (χ1v) is 29.9. The van der Waals surface area contributed by atoms with Gasteiger partial charge in [-0.1, -0.05) is 102 Å². The van der Waals surface area contributed by atoms with Crippen molar-refractivity contribution in [2.45, 2.75) is 129 Å². The highest BCUT2D eigenvalue weighted by atomic mass is 16.5. The average Bonchev–Trinajstić information content (AvgIpc) is 2.62. The summed E-state index contributed by atoms with van der Waals surface area (Å²) in [5.41, 5.74) is 8.18. The molecule has 408 valence electrons. The van der Waals surface area contributed by atoms with Crippen LogP contribution in [0.5, 0.6) is 23.0 Å². The third-order valence-electron chi connectivity index (χ3n) is 18.3. The van der Waals surface area contributed by atoms with Gasteiger partial charge in [0.2, 0.25) is 12.7 Å². The molecule has 82 heavy (non-hydrogen) atoms. The lowest BCUT2D eigenvalue weighted by Crippen LogP contribution is -2.48. The third kappa shape index (κ3) is 7.84. The van der Waals surface area contributed by atoms with E-state index in [1.165, 1.54) is 9.80 Å². The predicted octanol–water partition coefficient (Wildman–Crippen LogP) is 15.2. The van der Waals surface area contributed by atoms with Crippen molar-refractivity contribution >= 4 is 88.8 Å². The fraction of sp³-hybridized carbons (Fsp3) is 0.286. The number of aryl methyl sites for hydroxylation is 2. The maximum atomic E-state index is 15.3. The van der Waals surface area contributed by atoms with Crippen LogP contribution in [0.15, 0.2) is 146 Å². The van der Waals surface area contributed by atoms with E-state index < -0.39 is 0 Å². The van der Waals surface area contributed by atoms with Crippen molar-refractivity contribution in [2.75, 3.05) is 0 Å². The number of nitrogens with zero attached hydrogens (tertiary/aromatic N) is 6. The summed E-state index contributed by atoms with van der Waals surface area (Å²) in [7, 11) is 0. The Balaban J connectivity index is 0.937. The van der Waals surface area contributed by atoms with Crippen molar-refractivity contribution < 1.29 is 37.8 Å². The molecule has 0 saturated heterocycles. The zero-order valence-corrected chi connectivity index (χ0v) is 46.5. The standard InChI is InChI=1S/C70H64N6O6/c1-3-5-37-71-41-73(57-23-15-13-21-55(57)71)43-25-29-47(30-26-43)81-59-39-53-61-51(67(77)75(69(53)79)45-17-9-7-10-18-45)36-34-50-64-60(82-48-31-27-44(28-32-48)74-42-72(38-6-4-2)56-22-14-16-24-58(56)74)40-54-62-52(35-33-49(66(62)64)63(59)65(50)61)68(78)76(70(54)80)46-19-11-8-12-20-46/h13-16,21-36,39-42,45-46H,3-12,17-20,37-38H2,1-2H3/q+2. The van der Waals surface area contributed by atoms with Gasteiger partial charge in [-0.05, 0) is 146 Å². The lowest BCUT2D eigenvalue weighted by molar-refractivity contribution is -0.672. The average molecular weight is 1090 g/mol. The van der Waals surface area contributed by atoms with E-state index in [9.17, 15) is 0 Å². The minimum Gasteiger partial charge on any atom is -0.457 e. The molecule has 9 aromatic carbocycles. The molecule has 12 nitrogen and oxygen atoms in total. The Morgan fingerprint density at radius 2 is 0.817 bits per heavy atom. The second kappa shape index (κ2) is 20.0. The summed E-state index contributed by atoms with van der Waals surface area (Å²) in [6.45, 7) is 6.24. The SMILES string of the molecule is CCCC[n+]1cn(-c2ccc(Oc3cc4c5c(ccc6c7c(Oc8ccc(-n9c[n+](CCCC)c%10ccccc%109)cc8)cc8c9c(ccc(c3c56)c97)C(=O)N(C3CCCCC3)C8=O)C(=O)N(C3CCCCC3)C4=O)cc2)c2ccccc21. The number of aromatic nitrogens is 4. The number of carbonyl (C=O) groups is 4. The first-order valence-electron chi connectivity index (χ1n) is 29.9. The molecule has 15 rings (SSSR count). The first-order chi connectivity index (χ1) is 40.3. The number of unbranched alkanes of at least 4 members (excludes halogenated alkanes) is 2. The van der Waals surface area contributed by atoms with Gasteiger partial charge >= 0.3 is 0 Å². The Bertz CT molecular complexity index is 4150. The summed E-state index contributed by atoms with van der Waals surface area (Å²) in [5.74, 6) is 0.722. The van der Waals surface area contributed by atoms with Gasteiger partial charge in [-0.15, -0.1) is 0 Å². The van der Waals surface area contributed by atoms with Crippen LogP contribution in [0.2, 0.25) is 0 Å². The van der Waals surface area contributed by atoms with Crippen LogP contribution < -0.4 is 18.6 Å². The third-order valence-corrected chi connectivity index (χ3v) is 18.3. The molecule has 4 amide bonds. The number of ether oxygens (including phenoxy) is 2. The Morgan fingerprint density at radius 3 is 1.22 bits per heavy atom. The van der Waals surface area contributed by atoms with E-state index in [4.69, 9.17) is 9.47 Å². The Labute approximate surface area is 475 Å². The van der Waals surface area contributed by atoms with E-state index >= 15 is 19.2 Å². The first kappa shape index (κ1) is 50.1. The molecule has 11 aromatic rings. The van der Waals surface area contributed by atoms with Gasteiger partial charge in [-0.3, -0.25) is 29.0 Å². The molecule has 12 heteroatoms. The van der Waals surface area contributed by atoms with Crippen LogP contribution in [0.3, 0.4) is 0 Å². The van der Waals surface area contributed by atoms with Crippen LogP contribution in [-0.2, 0) is 13.1 Å². The zero-order valence-electron chi connectivity index (χ0n) is 46.5. The highest BCUT2D eigenvalue weighted by Gasteiger charge is 2.43. The number of para-hydroxylation sites is 4. The Hall–Kier alpha value is -8.90. The molecular formula is C70H64N6O6+2. The lowest BCUT2D eigenvalue weighted by Gasteiger charge is -2.37. The normalized spacial score (nSPS) is 16.2. The van der Waals surface area contributed by atoms with E-state index in [2.05, 4.69) is 118 Å². The van der Waals surface area contributed by atoms with Crippen LogP contribution in [0, 0.1) is 0 Å². The minimum atomic E-state index is -0.331. The maximum Gasteiger partial charge on any atom is 0.261 e. The highest BCUT2D eigenvalue weighted by molar-refractivity contribution is 6.43. The summed E-state index contributed by atoms with van der Waals surface area (Å²) in [6.07, 6.45) is 17.6. The van der Waals surface area contributed by atoms with Gasteiger partial charge in [-0.2, -0.15) is 9.13 Å². The smallest absolute Gasteiger partial charge is 0.261 e. The van der Waals surface area contributed by atoms with Crippen molar-refractivity contribution in [3.63, 3.8) is 0 Å². The quantitative estimate of drug-likeness (QED) is 0.0464. The molecule has 0 N–H and O–H groups in total. The highest BCUT2D eigenvalue weighted by Crippen LogP contribution is 2.53. The van der Waals surface area contributed by atoms with E-state index in [1.54, 1.807) is 0 Å². The van der Waals surface area contributed by atoms with Crippen molar-refractivity contribution in [1.82, 2.24) is 18.9 Å². The largest absolute Gasteiger partial charge is 0.457 e. The van der Waals surface area contributed by atoms with Crippen molar-refractivity contribution in [2.24, 2.45) is 0 Å². The molecule has 4 aliphatic rings. The van der Waals surface area contributed by atoms with Gasteiger partial charge in [0.1, 0.15) is 34.4 Å². The molecule has 2 aliphatic carbocycles. The van der Waals surface area contributed by atoms with Gasteiger partial charge in [-0.25, -0.2) is 9.13 Å². The number of imidazole rings is 2. The van der Waals surface area contributed by atoms with Crippen molar-refractivity contribution in [1.29, 1.82) is 0 Å². The lowest BCUT2D eigenvalue weighted by atomic mass is 9.80. The molecular weight excluding hydrogens is 1020 g/mol. The molecule has 0 atom stereocenters. The summed E-state index contributed by atoms with van der Waals surface area (Å²) < 4.78 is 23.3. The monoisotopic (exact) mass is 1080 g/mol. The predicted molar refractivity (Wildman–Crippen MR) is 319 cm³/mol. The molecule has 2 aromatic heterocycles. The van der Waals surface area contributed by atoms with Crippen LogP contribution in [0.25, 0.3) is 76.5 Å². The summed E-state index contributed by atoms with van der Waals surface area (Å²) in [5, 5.41) is 5.28. The van der Waals surface area contributed by atoms with Gasteiger partial charge in [0.25, 0.3) is 23.6 Å². The van der Waals surface area contributed by atoms with Crippen LogP contribution in [-0.4, -0.2) is 54.6 Å². The molecule has 0 bridgehead atoms. The van der Waals surface area contributed by atoms with E-state index in [0.717, 1.165) is 136 Å². The summed E-state index contributed by atoms with van der Waals surface area (Å²) >= 11 is 0. The number of carbonyl (C=O) groups excluding carboxylic acids is 4. The molecule has 4 heterocycles. The molecule has 0 spiro atoms. The second-order valence-electron chi connectivity index (χ2n) is 23.2. The topological polar surface area (TPSA) is 111 Å². The molecule has 0 unspecified atom stereocenters. The van der Waals surface area contributed by atoms with Gasteiger partial charge in [0.15, 0.2) is 22.1 Å². The van der Waals surface area contributed by atoms with E-state index in [0.29, 0.717) is 88.3 Å². The van der Waals surface area contributed by atoms with Crippen LogP contribution in [0.4, 0.5) is 0 Å². The van der Waals surface area contributed by atoms with Gasteiger partial charge in [0, 0.05) is 55.5 Å². The molecule has 0 radical (unpaired) electrons. The van der Waals surface area contributed by atoms with E-state index in [1.807, 2.05) is 60.7 Å². The molecule has 2 saturated carbocycles. The number of fused-ring (bicyclic) bond motifs is 4. The fourth-order valence-electron chi connectivity index (χ4n) is 14.3. The summed E-state index contributed by atoms with van der Waals surface area (Å²) in [4.78, 5) is 63.7. The number of rotatable bonds is 14. The number of hydrogen-bond donors (Lipinski definition) is 0. The zero-order chi connectivity index (χ0) is 55.3. The summed E-state index contributed by atoms with van der Waals surface area (Å²) in [6, 6.07) is 43.9. The Kier molecular flexibility index (Phi) is 12.2. The number of amides is 4. The number of benzene rings is 9. The van der Waals surface area contributed by atoms with Crippen molar-refractivity contribution in [3.8, 4) is 34.4 Å². The van der Waals surface area contributed by atoms with E-state index in [-0.39, 0.29) is 35.7 Å². The van der Waals surface area contributed by atoms with Gasteiger partial charge in [0.05, 0.1) is 24.2 Å². The molecule has 2 fully saturated rings. The minimum absolute atomic E-state index is 0.212. The fourth-order valence-corrected chi connectivity index (χ4v) is 14.3. The number of hydrogen-bond acceptors (Lipinski definition) is 6. The second-order valence-corrected chi connectivity index (χ2v) is 23.2.